The maximum atomic E-state index is 10.3. The summed E-state index contributed by atoms with van der Waals surface area (Å²) in [4.78, 5) is 10.3. The van der Waals surface area contributed by atoms with Crippen molar-refractivity contribution in [2.45, 2.75) is 32.0 Å². The SMILES string of the molecule is O=C(O)CCOCCOCCOCCOCCOCCOCCOCCOCCOCCOCCOCCOCCOC1CCCCO1. The van der Waals surface area contributed by atoms with Crippen LogP contribution in [0.2, 0.25) is 0 Å². The Balaban J connectivity index is 1.60. The van der Waals surface area contributed by atoms with Crippen molar-refractivity contribution in [2.75, 3.05) is 172 Å². The second-order valence-electron chi connectivity index (χ2n) is 10.2. The highest BCUT2D eigenvalue weighted by Gasteiger charge is 2.13. The Hall–Kier alpha value is -1.09. The van der Waals surface area contributed by atoms with E-state index >= 15 is 0 Å². The van der Waals surface area contributed by atoms with Gasteiger partial charge in [-0.3, -0.25) is 4.79 Å². The third-order valence-electron chi connectivity index (χ3n) is 6.22. The van der Waals surface area contributed by atoms with Crippen molar-refractivity contribution in [3.63, 3.8) is 0 Å². The van der Waals surface area contributed by atoms with Crippen LogP contribution in [0.3, 0.4) is 0 Å². The molecule has 16 heteroatoms. The molecule has 1 N–H and O–H groups in total. The predicted octanol–water partition coefficient (Wildman–Crippen LogP) is 1.20. The van der Waals surface area contributed by atoms with Crippen LogP contribution in [0.15, 0.2) is 0 Å². The Morgan fingerprint density at radius 2 is 0.688 bits per heavy atom. The van der Waals surface area contributed by atoms with Gasteiger partial charge in [0.25, 0.3) is 0 Å². The molecule has 0 spiro atoms. The fourth-order valence-corrected chi connectivity index (χ4v) is 3.76. The lowest BCUT2D eigenvalue weighted by atomic mass is 10.2. The number of aliphatic carboxylic acids is 1. The van der Waals surface area contributed by atoms with Gasteiger partial charge in [0.05, 0.1) is 172 Å². The lowest BCUT2D eigenvalue weighted by molar-refractivity contribution is -0.169. The molecule has 1 atom stereocenters. The van der Waals surface area contributed by atoms with Crippen molar-refractivity contribution in [3.8, 4) is 0 Å². The van der Waals surface area contributed by atoms with E-state index in [9.17, 15) is 4.79 Å². The second-order valence-corrected chi connectivity index (χ2v) is 10.2. The molecule has 48 heavy (non-hydrogen) atoms. The van der Waals surface area contributed by atoms with Gasteiger partial charge in [-0.05, 0) is 19.3 Å². The largest absolute Gasteiger partial charge is 0.481 e. The van der Waals surface area contributed by atoms with Crippen LogP contribution in [0.5, 0.6) is 0 Å². The van der Waals surface area contributed by atoms with Gasteiger partial charge in [0, 0.05) is 6.61 Å². The lowest BCUT2D eigenvalue weighted by Crippen LogP contribution is -2.24. The molecule has 0 amide bonds. The van der Waals surface area contributed by atoms with Gasteiger partial charge in [-0.25, -0.2) is 0 Å². The van der Waals surface area contributed by atoms with Gasteiger partial charge in [-0.15, -0.1) is 0 Å². The van der Waals surface area contributed by atoms with E-state index in [1.54, 1.807) is 0 Å². The lowest BCUT2D eigenvalue weighted by Gasteiger charge is -2.22. The Morgan fingerprint density at radius 3 is 0.938 bits per heavy atom. The standard InChI is InChI=1S/C32H62O16/c33-31(34)4-6-35-7-8-36-9-10-37-11-12-38-13-14-39-15-16-40-17-18-41-19-20-42-21-22-43-23-24-44-25-26-45-27-28-46-29-30-48-32-3-1-2-5-47-32/h32H,1-30H2,(H,33,34). The molecule has 1 heterocycles. The molecule has 0 aromatic heterocycles. The minimum Gasteiger partial charge on any atom is -0.481 e. The first-order chi connectivity index (χ1) is 23.8. The molecule has 0 aliphatic carbocycles. The quantitative estimate of drug-likeness (QED) is 0.0905. The minimum atomic E-state index is -0.875. The van der Waals surface area contributed by atoms with E-state index in [0.29, 0.717) is 159 Å². The molecule has 1 rings (SSSR count). The Labute approximate surface area is 286 Å². The van der Waals surface area contributed by atoms with Gasteiger partial charge in [0.15, 0.2) is 6.29 Å². The van der Waals surface area contributed by atoms with Crippen molar-refractivity contribution in [1.29, 1.82) is 0 Å². The number of ether oxygens (including phenoxy) is 14. The summed E-state index contributed by atoms with van der Waals surface area (Å²) in [5.41, 5.74) is 0. The van der Waals surface area contributed by atoms with Crippen molar-refractivity contribution in [1.82, 2.24) is 0 Å². The van der Waals surface area contributed by atoms with Gasteiger partial charge < -0.3 is 71.4 Å². The van der Waals surface area contributed by atoms with Crippen LogP contribution in [0.4, 0.5) is 0 Å². The van der Waals surface area contributed by atoms with Gasteiger partial charge in [-0.1, -0.05) is 0 Å². The van der Waals surface area contributed by atoms with Gasteiger partial charge in [0.1, 0.15) is 0 Å². The van der Waals surface area contributed by atoms with Gasteiger partial charge in [-0.2, -0.15) is 0 Å². The number of carboxylic acids is 1. The van der Waals surface area contributed by atoms with Crippen LogP contribution < -0.4 is 0 Å². The number of rotatable bonds is 40. The highest BCUT2D eigenvalue weighted by Crippen LogP contribution is 2.13. The van der Waals surface area contributed by atoms with Crippen LogP contribution in [0, 0.1) is 0 Å². The molecular weight excluding hydrogens is 640 g/mol. The molecule has 1 saturated heterocycles. The van der Waals surface area contributed by atoms with Crippen LogP contribution >= 0.6 is 0 Å². The molecule has 1 fully saturated rings. The average molecular weight is 703 g/mol. The number of carboxylic acid groups (broad SMARTS) is 1. The summed E-state index contributed by atoms with van der Waals surface area (Å²) in [5.74, 6) is -0.875. The number of carbonyl (C=O) groups is 1. The fourth-order valence-electron chi connectivity index (χ4n) is 3.76. The van der Waals surface area contributed by atoms with E-state index in [1.165, 1.54) is 0 Å². The third-order valence-corrected chi connectivity index (χ3v) is 6.22. The maximum Gasteiger partial charge on any atom is 0.305 e. The van der Waals surface area contributed by atoms with E-state index in [0.717, 1.165) is 25.9 Å². The highest BCUT2D eigenvalue weighted by atomic mass is 16.7. The first-order valence-corrected chi connectivity index (χ1v) is 17.2. The van der Waals surface area contributed by atoms with Crippen molar-refractivity contribution in [3.05, 3.63) is 0 Å². The molecule has 16 nitrogen and oxygen atoms in total. The summed E-state index contributed by atoms with van der Waals surface area (Å²) in [5, 5.41) is 8.49. The fraction of sp³-hybridized carbons (Fsp3) is 0.969. The van der Waals surface area contributed by atoms with Crippen molar-refractivity contribution >= 4 is 5.97 Å². The predicted molar refractivity (Wildman–Crippen MR) is 172 cm³/mol. The maximum absolute atomic E-state index is 10.3. The zero-order valence-electron chi connectivity index (χ0n) is 28.9. The van der Waals surface area contributed by atoms with Crippen LogP contribution in [0.1, 0.15) is 25.7 Å². The smallest absolute Gasteiger partial charge is 0.305 e. The molecule has 0 aromatic rings. The molecule has 0 bridgehead atoms. The average Bonchev–Trinajstić information content (AvgIpc) is 3.09. The van der Waals surface area contributed by atoms with E-state index in [1.807, 2.05) is 0 Å². The first-order valence-electron chi connectivity index (χ1n) is 17.2. The van der Waals surface area contributed by atoms with Crippen LogP contribution in [0.25, 0.3) is 0 Å². The summed E-state index contributed by atoms with van der Waals surface area (Å²) >= 11 is 0. The summed E-state index contributed by atoms with van der Waals surface area (Å²) in [6.07, 6.45) is 3.17. The molecule has 1 aliphatic rings. The zero-order chi connectivity index (χ0) is 34.3. The van der Waals surface area contributed by atoms with Crippen LogP contribution in [-0.4, -0.2) is 189 Å². The third kappa shape index (κ3) is 36.2. The summed E-state index contributed by atoms with van der Waals surface area (Å²) in [6, 6.07) is 0. The Bertz CT molecular complexity index is 641. The molecule has 286 valence electrons. The van der Waals surface area contributed by atoms with E-state index in [2.05, 4.69) is 0 Å². The van der Waals surface area contributed by atoms with Crippen molar-refractivity contribution < 1.29 is 76.2 Å². The monoisotopic (exact) mass is 702 g/mol. The van der Waals surface area contributed by atoms with Gasteiger partial charge >= 0.3 is 5.97 Å². The van der Waals surface area contributed by atoms with E-state index in [4.69, 9.17) is 71.4 Å². The number of hydrogen-bond donors (Lipinski definition) is 1. The molecule has 0 radical (unpaired) electrons. The molecule has 1 unspecified atom stereocenters. The van der Waals surface area contributed by atoms with E-state index < -0.39 is 5.97 Å². The summed E-state index contributed by atoms with van der Waals surface area (Å²) < 4.78 is 76.2. The summed E-state index contributed by atoms with van der Waals surface area (Å²) in [7, 11) is 0. The normalized spacial score (nSPS) is 15.0. The first kappa shape index (κ1) is 44.9. The molecular formula is C32H62O16. The summed E-state index contributed by atoms with van der Waals surface area (Å²) in [6.45, 7) is 12.7. The Kier molecular flexibility index (Phi) is 36.2. The minimum absolute atomic E-state index is 0.00295. The van der Waals surface area contributed by atoms with Crippen molar-refractivity contribution in [2.24, 2.45) is 0 Å². The van der Waals surface area contributed by atoms with Crippen LogP contribution in [-0.2, 0) is 71.1 Å². The Morgan fingerprint density at radius 1 is 0.417 bits per heavy atom. The topological polar surface area (TPSA) is 167 Å². The van der Waals surface area contributed by atoms with Gasteiger partial charge in [0.2, 0.25) is 0 Å². The molecule has 0 saturated carbocycles. The zero-order valence-corrected chi connectivity index (χ0v) is 28.9. The number of hydrogen-bond acceptors (Lipinski definition) is 15. The molecule has 1 aliphatic heterocycles. The van der Waals surface area contributed by atoms with E-state index in [-0.39, 0.29) is 19.3 Å². The highest BCUT2D eigenvalue weighted by molar-refractivity contribution is 5.66. The molecule has 0 aromatic carbocycles. The second kappa shape index (κ2) is 38.7.